The topological polar surface area (TPSA) is 76.7 Å². The number of hydroxylamine groups is 1. The van der Waals surface area contributed by atoms with E-state index in [2.05, 4.69) is 47.2 Å². The molecule has 1 aliphatic rings. The monoisotopic (exact) mass is 424 g/mol. The van der Waals surface area contributed by atoms with E-state index in [0.29, 0.717) is 0 Å². The van der Waals surface area contributed by atoms with Crippen molar-refractivity contribution in [3.05, 3.63) is 71.3 Å². The fraction of sp³-hybridized carbons (Fsp3) is 0.440. The number of ether oxygens (including phenoxy) is 1. The van der Waals surface area contributed by atoms with Crippen LogP contribution in [0.4, 0.5) is 0 Å². The summed E-state index contributed by atoms with van der Waals surface area (Å²) in [5, 5.41) is 3.23. The highest BCUT2D eigenvalue weighted by molar-refractivity contribution is 5.80. The lowest BCUT2D eigenvalue weighted by molar-refractivity contribution is -0.164. The number of aryl methyl sites for hydroxylation is 2. The van der Waals surface area contributed by atoms with Crippen LogP contribution in [0, 0.1) is 0 Å². The SMILES string of the molecule is O=C(Cc1ccc(CCCCc2ccccc2)cc1)NOC(=O)COC1CCNCC1. The van der Waals surface area contributed by atoms with Crippen LogP contribution in [-0.4, -0.2) is 37.7 Å². The average molecular weight is 425 g/mol. The quantitative estimate of drug-likeness (QED) is 0.453. The summed E-state index contributed by atoms with van der Waals surface area (Å²) in [7, 11) is 0. The molecule has 0 spiro atoms. The van der Waals surface area contributed by atoms with E-state index < -0.39 is 5.97 Å². The van der Waals surface area contributed by atoms with Crippen molar-refractivity contribution in [1.29, 1.82) is 0 Å². The van der Waals surface area contributed by atoms with Gasteiger partial charge in [0, 0.05) is 0 Å². The van der Waals surface area contributed by atoms with Gasteiger partial charge in [-0.3, -0.25) is 4.79 Å². The molecule has 0 bridgehead atoms. The van der Waals surface area contributed by atoms with Crippen molar-refractivity contribution in [2.45, 2.75) is 51.0 Å². The van der Waals surface area contributed by atoms with Crippen LogP contribution in [-0.2, 0) is 38.4 Å². The first-order chi connectivity index (χ1) is 15.2. The fourth-order valence-electron chi connectivity index (χ4n) is 3.64. The largest absolute Gasteiger partial charge is 0.366 e. The van der Waals surface area contributed by atoms with Crippen LogP contribution < -0.4 is 10.8 Å². The Bertz CT molecular complexity index is 802. The van der Waals surface area contributed by atoms with Gasteiger partial charge < -0.3 is 14.9 Å². The van der Waals surface area contributed by atoms with Gasteiger partial charge in [-0.2, -0.15) is 5.48 Å². The predicted octanol–water partition coefficient (Wildman–Crippen LogP) is 3.14. The standard InChI is InChI=1S/C25H32N2O4/c28-24(27-31-25(29)19-30-23-14-16-26-17-15-23)18-22-12-10-21(11-13-22)9-5-4-8-20-6-2-1-3-7-20/h1-3,6-7,10-13,23,26H,4-5,8-9,14-19H2,(H,27,28). The van der Waals surface area contributed by atoms with Gasteiger partial charge in [-0.15, -0.1) is 0 Å². The third kappa shape index (κ3) is 8.90. The van der Waals surface area contributed by atoms with Crippen LogP contribution in [0.15, 0.2) is 54.6 Å². The highest BCUT2D eigenvalue weighted by Gasteiger charge is 2.16. The first-order valence-electron chi connectivity index (χ1n) is 11.1. The summed E-state index contributed by atoms with van der Waals surface area (Å²) < 4.78 is 5.51. The Labute approximate surface area is 184 Å². The molecule has 0 atom stereocenters. The Morgan fingerprint density at radius 1 is 0.871 bits per heavy atom. The van der Waals surface area contributed by atoms with Gasteiger partial charge in [-0.05, 0) is 68.3 Å². The molecule has 6 nitrogen and oxygen atoms in total. The van der Waals surface area contributed by atoms with Crippen LogP contribution in [0.5, 0.6) is 0 Å². The summed E-state index contributed by atoms with van der Waals surface area (Å²) in [5.74, 6) is -0.941. The second kappa shape index (κ2) is 12.9. The minimum Gasteiger partial charge on any atom is -0.366 e. The van der Waals surface area contributed by atoms with E-state index in [0.717, 1.165) is 57.2 Å². The van der Waals surface area contributed by atoms with Gasteiger partial charge in [-0.25, -0.2) is 4.79 Å². The summed E-state index contributed by atoms with van der Waals surface area (Å²) in [6, 6.07) is 18.6. The Hall–Kier alpha value is -2.70. The van der Waals surface area contributed by atoms with Crippen molar-refractivity contribution in [2.75, 3.05) is 19.7 Å². The molecule has 1 amide bonds. The molecule has 0 saturated carbocycles. The van der Waals surface area contributed by atoms with Crippen molar-refractivity contribution in [3.8, 4) is 0 Å². The molecule has 0 aromatic heterocycles. The maximum atomic E-state index is 12.0. The molecule has 0 unspecified atom stereocenters. The number of piperidine rings is 1. The molecule has 2 aromatic rings. The van der Waals surface area contributed by atoms with E-state index in [1.165, 1.54) is 11.1 Å². The lowest BCUT2D eigenvalue weighted by Gasteiger charge is -2.22. The highest BCUT2D eigenvalue weighted by Crippen LogP contribution is 2.11. The maximum absolute atomic E-state index is 12.0. The summed E-state index contributed by atoms with van der Waals surface area (Å²) in [6.07, 6.45) is 6.39. The van der Waals surface area contributed by atoms with Gasteiger partial charge in [0.1, 0.15) is 6.61 Å². The Balaban J connectivity index is 1.28. The van der Waals surface area contributed by atoms with Crippen molar-refractivity contribution < 1.29 is 19.2 Å². The van der Waals surface area contributed by atoms with E-state index in [9.17, 15) is 9.59 Å². The first-order valence-corrected chi connectivity index (χ1v) is 11.1. The molecule has 1 saturated heterocycles. The van der Waals surface area contributed by atoms with E-state index in [1.807, 2.05) is 18.2 Å². The number of hydrogen-bond donors (Lipinski definition) is 2. The van der Waals surface area contributed by atoms with E-state index in [1.54, 1.807) is 0 Å². The van der Waals surface area contributed by atoms with Crippen molar-refractivity contribution >= 4 is 11.9 Å². The fourth-order valence-corrected chi connectivity index (χ4v) is 3.64. The van der Waals surface area contributed by atoms with Crippen molar-refractivity contribution in [3.63, 3.8) is 0 Å². The number of carbonyl (C=O) groups is 2. The molecule has 1 aliphatic heterocycles. The number of rotatable bonds is 10. The normalized spacial score (nSPS) is 14.2. The molecule has 0 radical (unpaired) electrons. The minimum atomic E-state index is -0.585. The first kappa shape index (κ1) is 23.0. The predicted molar refractivity (Wildman–Crippen MR) is 119 cm³/mol. The number of benzene rings is 2. The average Bonchev–Trinajstić information content (AvgIpc) is 2.81. The maximum Gasteiger partial charge on any atom is 0.357 e. The molecule has 6 heteroatoms. The van der Waals surface area contributed by atoms with Crippen LogP contribution in [0.3, 0.4) is 0 Å². The second-order valence-electron chi connectivity index (χ2n) is 7.95. The van der Waals surface area contributed by atoms with Crippen LogP contribution in [0.25, 0.3) is 0 Å². The Morgan fingerprint density at radius 3 is 2.16 bits per heavy atom. The lowest BCUT2D eigenvalue weighted by atomic mass is 10.0. The van der Waals surface area contributed by atoms with Gasteiger partial charge in [0.15, 0.2) is 0 Å². The van der Waals surface area contributed by atoms with Gasteiger partial charge in [-0.1, -0.05) is 54.6 Å². The zero-order chi connectivity index (χ0) is 21.7. The molecule has 3 rings (SSSR count). The van der Waals surface area contributed by atoms with Crippen molar-refractivity contribution in [1.82, 2.24) is 10.8 Å². The zero-order valence-electron chi connectivity index (χ0n) is 18.0. The second-order valence-corrected chi connectivity index (χ2v) is 7.95. The molecule has 2 N–H and O–H groups in total. The molecule has 1 fully saturated rings. The minimum absolute atomic E-state index is 0.0707. The molecule has 31 heavy (non-hydrogen) atoms. The van der Waals surface area contributed by atoms with Crippen LogP contribution in [0.2, 0.25) is 0 Å². The van der Waals surface area contributed by atoms with Gasteiger partial charge in [0.25, 0.3) is 5.91 Å². The molecular weight excluding hydrogens is 392 g/mol. The van der Waals surface area contributed by atoms with E-state index in [4.69, 9.17) is 9.57 Å². The summed E-state index contributed by atoms with van der Waals surface area (Å²) >= 11 is 0. The van der Waals surface area contributed by atoms with E-state index >= 15 is 0 Å². The van der Waals surface area contributed by atoms with Gasteiger partial charge in [0.05, 0.1) is 12.5 Å². The zero-order valence-corrected chi connectivity index (χ0v) is 18.0. The van der Waals surface area contributed by atoms with Crippen LogP contribution >= 0.6 is 0 Å². The third-order valence-electron chi connectivity index (χ3n) is 5.41. The molecule has 2 aromatic carbocycles. The summed E-state index contributed by atoms with van der Waals surface area (Å²) in [4.78, 5) is 28.6. The third-order valence-corrected chi connectivity index (χ3v) is 5.41. The lowest BCUT2D eigenvalue weighted by Crippen LogP contribution is -2.35. The summed E-state index contributed by atoms with van der Waals surface area (Å²) in [6.45, 7) is 1.63. The number of amides is 1. The molecular formula is C25H32N2O4. The Kier molecular flexibility index (Phi) is 9.54. The van der Waals surface area contributed by atoms with E-state index in [-0.39, 0.29) is 25.0 Å². The highest BCUT2D eigenvalue weighted by atomic mass is 16.7. The van der Waals surface area contributed by atoms with Crippen LogP contribution in [0.1, 0.15) is 42.4 Å². The molecule has 1 heterocycles. The number of hydrogen-bond acceptors (Lipinski definition) is 5. The number of unbranched alkanes of at least 4 members (excludes halogenated alkanes) is 1. The number of carbonyl (C=O) groups excluding carboxylic acids is 2. The Morgan fingerprint density at radius 2 is 1.48 bits per heavy atom. The number of nitrogens with one attached hydrogen (secondary N) is 2. The van der Waals surface area contributed by atoms with Gasteiger partial charge >= 0.3 is 5.97 Å². The van der Waals surface area contributed by atoms with Gasteiger partial charge in [0.2, 0.25) is 0 Å². The molecule has 0 aliphatic carbocycles. The van der Waals surface area contributed by atoms with Crippen molar-refractivity contribution in [2.24, 2.45) is 0 Å². The smallest absolute Gasteiger partial charge is 0.357 e. The molecule has 166 valence electrons. The summed E-state index contributed by atoms with van der Waals surface area (Å²) in [5.41, 5.74) is 5.73.